The van der Waals surface area contributed by atoms with E-state index in [-0.39, 0.29) is 41.4 Å². The topological polar surface area (TPSA) is 66.8 Å². The summed E-state index contributed by atoms with van der Waals surface area (Å²) >= 11 is 6.25. The lowest BCUT2D eigenvalue weighted by atomic mass is 9.89. The van der Waals surface area contributed by atoms with E-state index < -0.39 is 6.10 Å². The number of nitrogens with zero attached hydrogens (tertiary/aromatic N) is 1. The predicted octanol–water partition coefficient (Wildman–Crippen LogP) is 4.95. The Morgan fingerprint density at radius 1 is 1.06 bits per heavy atom. The molecule has 0 saturated heterocycles. The number of ether oxygens (including phenoxy) is 1. The van der Waals surface area contributed by atoms with Crippen LogP contribution < -0.4 is 4.74 Å². The Labute approximate surface area is 199 Å². The van der Waals surface area contributed by atoms with E-state index in [9.17, 15) is 14.7 Å². The lowest BCUT2D eigenvalue weighted by molar-refractivity contribution is 0.0743. The van der Waals surface area contributed by atoms with Crippen molar-refractivity contribution in [3.05, 3.63) is 101 Å². The van der Waals surface area contributed by atoms with E-state index >= 15 is 0 Å². The molecule has 0 fully saturated rings. The van der Waals surface area contributed by atoms with Gasteiger partial charge in [-0.3, -0.25) is 9.59 Å². The number of Topliss-reactive ketones (excluding diaryl/α,β-unsaturated/α-hetero) is 2. The van der Waals surface area contributed by atoms with E-state index in [1.54, 1.807) is 42.6 Å². The van der Waals surface area contributed by atoms with Crippen molar-refractivity contribution in [1.82, 2.24) is 4.90 Å². The first kappa shape index (κ1) is 24.5. The Hall–Kier alpha value is -3.15. The number of aliphatic hydroxyl groups excluding tert-OH is 1. The fourth-order valence-corrected chi connectivity index (χ4v) is 3.83. The van der Waals surface area contributed by atoms with Crippen molar-refractivity contribution in [2.24, 2.45) is 0 Å². The van der Waals surface area contributed by atoms with E-state index in [0.717, 1.165) is 5.56 Å². The summed E-state index contributed by atoms with van der Waals surface area (Å²) in [7, 11) is 0. The van der Waals surface area contributed by atoms with Gasteiger partial charge in [0.2, 0.25) is 5.78 Å². The number of aliphatic hydroxyl groups is 1. The van der Waals surface area contributed by atoms with Crippen molar-refractivity contribution in [1.29, 1.82) is 0 Å². The molecule has 2 aromatic carbocycles. The van der Waals surface area contributed by atoms with Crippen LogP contribution in [-0.4, -0.2) is 46.9 Å². The summed E-state index contributed by atoms with van der Waals surface area (Å²) in [6, 6.07) is 14.3. The normalized spacial score (nSPS) is 14.6. The molecule has 0 amide bonds. The van der Waals surface area contributed by atoms with Gasteiger partial charge in [0.15, 0.2) is 5.78 Å². The molecule has 1 unspecified atom stereocenters. The average molecular weight is 466 g/mol. The fourth-order valence-electron chi connectivity index (χ4n) is 3.58. The second kappa shape index (κ2) is 11.1. The summed E-state index contributed by atoms with van der Waals surface area (Å²) in [5.41, 5.74) is 1.81. The minimum Gasteiger partial charge on any atom is -0.491 e. The van der Waals surface area contributed by atoms with Gasteiger partial charge in [-0.15, -0.1) is 6.58 Å². The molecule has 1 aliphatic rings. The number of allylic oxidation sites excluding steroid dienone is 4. The van der Waals surface area contributed by atoms with Crippen molar-refractivity contribution in [2.75, 3.05) is 13.2 Å². The first-order valence-electron chi connectivity index (χ1n) is 10.8. The van der Waals surface area contributed by atoms with Crippen LogP contribution in [0.15, 0.2) is 84.1 Å². The molecule has 1 N–H and O–H groups in total. The standard InChI is InChI=1S/C27H28ClNO4/c1-4-9-19-10-5-8-13-24(19)33-17-20(30)16-29(18(2)3)15-14-23-25(28)27(32)22-12-7-6-11-21(22)26(23)31/h4-8,10-15,18,20,30H,1,9,16-17H2,2-3H3/b15-14+. The molecule has 0 radical (unpaired) electrons. The molecule has 0 spiro atoms. The van der Waals surface area contributed by atoms with E-state index in [0.29, 0.717) is 23.3 Å². The third-order valence-corrected chi connectivity index (χ3v) is 5.76. The molecule has 5 nitrogen and oxygen atoms in total. The zero-order valence-electron chi connectivity index (χ0n) is 18.8. The van der Waals surface area contributed by atoms with Gasteiger partial charge in [-0.1, -0.05) is 60.1 Å². The summed E-state index contributed by atoms with van der Waals surface area (Å²) < 4.78 is 5.84. The number of carbonyl (C=O) groups excluding carboxylic acids is 2. The van der Waals surface area contributed by atoms with Crippen LogP contribution in [0.25, 0.3) is 0 Å². The first-order valence-corrected chi connectivity index (χ1v) is 11.2. The molecule has 172 valence electrons. The molecular weight excluding hydrogens is 438 g/mol. The maximum absolute atomic E-state index is 12.9. The van der Waals surface area contributed by atoms with Crippen molar-refractivity contribution >= 4 is 23.2 Å². The van der Waals surface area contributed by atoms with Gasteiger partial charge in [-0.05, 0) is 38.0 Å². The largest absolute Gasteiger partial charge is 0.491 e. The number of rotatable bonds is 10. The monoisotopic (exact) mass is 465 g/mol. The third-order valence-electron chi connectivity index (χ3n) is 5.38. The molecule has 0 aromatic heterocycles. The van der Waals surface area contributed by atoms with Crippen LogP contribution in [0.3, 0.4) is 0 Å². The van der Waals surface area contributed by atoms with Gasteiger partial charge in [0.05, 0.1) is 5.03 Å². The first-order chi connectivity index (χ1) is 15.8. The van der Waals surface area contributed by atoms with Crippen LogP contribution in [-0.2, 0) is 6.42 Å². The van der Waals surface area contributed by atoms with Crippen LogP contribution in [0.5, 0.6) is 5.75 Å². The molecule has 6 heteroatoms. The average Bonchev–Trinajstić information content (AvgIpc) is 2.81. The third kappa shape index (κ3) is 5.81. The zero-order valence-corrected chi connectivity index (χ0v) is 19.6. The second-order valence-electron chi connectivity index (χ2n) is 8.10. The molecule has 2 aromatic rings. The Morgan fingerprint density at radius 2 is 1.70 bits per heavy atom. The highest BCUT2D eigenvalue weighted by Crippen LogP contribution is 2.29. The molecule has 1 aliphatic carbocycles. The predicted molar refractivity (Wildman–Crippen MR) is 131 cm³/mol. The molecule has 33 heavy (non-hydrogen) atoms. The summed E-state index contributed by atoms with van der Waals surface area (Å²) in [5, 5.41) is 10.5. The van der Waals surface area contributed by atoms with Gasteiger partial charge in [-0.2, -0.15) is 0 Å². The number of hydrogen-bond acceptors (Lipinski definition) is 5. The summed E-state index contributed by atoms with van der Waals surface area (Å²) in [6.45, 7) is 8.09. The quantitative estimate of drug-likeness (QED) is 0.503. The van der Waals surface area contributed by atoms with Crippen LogP contribution in [0.4, 0.5) is 0 Å². The second-order valence-corrected chi connectivity index (χ2v) is 8.48. The summed E-state index contributed by atoms with van der Waals surface area (Å²) in [6.07, 6.45) is 4.95. The summed E-state index contributed by atoms with van der Waals surface area (Å²) in [5.74, 6) is 0.0529. The number of para-hydroxylation sites is 1. The number of fused-ring (bicyclic) bond motifs is 1. The van der Waals surface area contributed by atoms with E-state index in [4.69, 9.17) is 16.3 Å². The Kier molecular flexibility index (Phi) is 8.26. The molecule has 1 atom stereocenters. The van der Waals surface area contributed by atoms with Crippen molar-refractivity contribution < 1.29 is 19.4 Å². The van der Waals surface area contributed by atoms with E-state index in [1.807, 2.05) is 43.0 Å². The number of ketones is 2. The van der Waals surface area contributed by atoms with Gasteiger partial charge < -0.3 is 14.7 Å². The van der Waals surface area contributed by atoms with Gasteiger partial charge in [0.1, 0.15) is 18.5 Å². The molecular formula is C27H28ClNO4. The van der Waals surface area contributed by atoms with Crippen LogP contribution in [0, 0.1) is 0 Å². The molecule has 3 rings (SSSR count). The van der Waals surface area contributed by atoms with Crippen LogP contribution in [0.1, 0.15) is 40.1 Å². The summed E-state index contributed by atoms with van der Waals surface area (Å²) in [4.78, 5) is 27.3. The maximum atomic E-state index is 12.9. The van der Waals surface area contributed by atoms with Gasteiger partial charge in [0, 0.05) is 35.5 Å². The number of benzene rings is 2. The van der Waals surface area contributed by atoms with E-state index in [1.165, 1.54) is 0 Å². The molecule has 0 saturated carbocycles. The molecule has 0 bridgehead atoms. The van der Waals surface area contributed by atoms with Crippen LogP contribution >= 0.6 is 11.6 Å². The number of halogens is 1. The van der Waals surface area contributed by atoms with Gasteiger partial charge >= 0.3 is 0 Å². The number of carbonyl (C=O) groups is 2. The zero-order chi connectivity index (χ0) is 24.0. The van der Waals surface area contributed by atoms with Crippen LogP contribution in [0.2, 0.25) is 0 Å². The number of hydrogen-bond donors (Lipinski definition) is 1. The lowest BCUT2D eigenvalue weighted by Crippen LogP contribution is -2.36. The Morgan fingerprint density at radius 3 is 2.36 bits per heavy atom. The molecule has 0 aliphatic heterocycles. The van der Waals surface area contributed by atoms with Gasteiger partial charge in [-0.25, -0.2) is 0 Å². The highest BCUT2D eigenvalue weighted by molar-refractivity contribution is 6.50. The Bertz CT molecular complexity index is 1100. The maximum Gasteiger partial charge on any atom is 0.205 e. The van der Waals surface area contributed by atoms with E-state index in [2.05, 4.69) is 6.58 Å². The van der Waals surface area contributed by atoms with Crippen molar-refractivity contribution in [2.45, 2.75) is 32.4 Å². The van der Waals surface area contributed by atoms with Crippen molar-refractivity contribution in [3.8, 4) is 5.75 Å². The lowest BCUT2D eigenvalue weighted by Gasteiger charge is -2.28. The smallest absolute Gasteiger partial charge is 0.205 e. The van der Waals surface area contributed by atoms with Crippen molar-refractivity contribution in [3.63, 3.8) is 0 Å². The highest BCUT2D eigenvalue weighted by Gasteiger charge is 2.29. The minimum absolute atomic E-state index is 0.0324. The molecule has 0 heterocycles. The Balaban J connectivity index is 1.70. The SMILES string of the molecule is C=CCc1ccccc1OCC(O)CN(/C=C/C1=C(Cl)C(=O)c2ccccc2C1=O)C(C)C. The fraction of sp³-hybridized carbons (Fsp3) is 0.259. The highest BCUT2D eigenvalue weighted by atomic mass is 35.5. The van der Waals surface area contributed by atoms with Gasteiger partial charge in [0.25, 0.3) is 0 Å². The minimum atomic E-state index is -0.775.